The molecule has 0 radical (unpaired) electrons. The van der Waals surface area contributed by atoms with Gasteiger partial charge in [-0.2, -0.15) is 0 Å². The molecule has 0 bridgehead atoms. The van der Waals surface area contributed by atoms with Crippen molar-refractivity contribution >= 4 is 102 Å². The van der Waals surface area contributed by atoms with Crippen LogP contribution in [0.3, 0.4) is 0 Å². The number of hydrogen-bond donors (Lipinski definition) is 2. The molecule has 3 heterocycles. The molecule has 2 amide bonds. The molecule has 0 unspecified atom stereocenters. The number of fused-ring (bicyclic) bond motifs is 7. The first-order valence-corrected chi connectivity index (χ1v) is 21.5. The molecule has 0 spiro atoms. The van der Waals surface area contributed by atoms with Gasteiger partial charge in [-0.25, -0.2) is 0 Å². The van der Waals surface area contributed by atoms with Gasteiger partial charge in [-0.1, -0.05) is 108 Å². The Labute approximate surface area is 300 Å². The fraction of sp³-hybridized carbons (Fsp3) is 0.176. The molecule has 3 aliphatic rings. The maximum atomic E-state index is 12.0. The minimum absolute atomic E-state index is 0.184. The Morgan fingerprint density at radius 2 is 0.938 bits per heavy atom. The molecule has 4 aromatic carbocycles. The van der Waals surface area contributed by atoms with Crippen LogP contribution in [-0.2, 0) is 31.2 Å². The second-order valence-corrected chi connectivity index (χ2v) is 18.3. The van der Waals surface area contributed by atoms with Gasteiger partial charge >= 0.3 is 0 Å². The minimum atomic E-state index is -0.659. The first-order chi connectivity index (χ1) is 22.9. The monoisotopic (exact) mass is 756 g/mol. The Morgan fingerprint density at radius 3 is 1.31 bits per heavy atom. The maximum Gasteiger partial charge on any atom is 0.256 e. The van der Waals surface area contributed by atoms with E-state index in [1.54, 1.807) is 48.5 Å². The third-order valence-corrected chi connectivity index (χ3v) is 12.5. The third kappa shape index (κ3) is 8.35. The van der Waals surface area contributed by atoms with Gasteiger partial charge in [0.15, 0.2) is 0 Å². The van der Waals surface area contributed by atoms with E-state index >= 15 is 0 Å². The van der Waals surface area contributed by atoms with Crippen molar-refractivity contribution in [3.05, 3.63) is 101 Å². The van der Waals surface area contributed by atoms with Crippen molar-refractivity contribution in [2.75, 3.05) is 38.2 Å². The zero-order chi connectivity index (χ0) is 34.5. The lowest BCUT2D eigenvalue weighted by atomic mass is 9.92. The van der Waals surface area contributed by atoms with Crippen LogP contribution in [0, 0.1) is 0 Å². The van der Waals surface area contributed by atoms with Crippen LogP contribution in [0.5, 0.6) is 11.5 Å². The Hall–Kier alpha value is -3.14. The number of amides is 2. The lowest BCUT2D eigenvalue weighted by Gasteiger charge is -2.21. The summed E-state index contributed by atoms with van der Waals surface area (Å²) in [5.74, 6) is 0.236. The summed E-state index contributed by atoms with van der Waals surface area (Å²) in [4.78, 5) is 26.3. The molecule has 14 heteroatoms. The topological polar surface area (TPSA) is 139 Å². The summed E-state index contributed by atoms with van der Waals surface area (Å²) in [5, 5.41) is 4.43. The number of carbonyl (C=O) groups is 2. The molecule has 8 nitrogen and oxygen atoms in total. The Kier molecular flexibility index (Phi) is 12.1. The van der Waals surface area contributed by atoms with Crippen molar-refractivity contribution in [3.63, 3.8) is 0 Å². The van der Waals surface area contributed by atoms with Crippen LogP contribution in [0.4, 0.5) is 0 Å². The van der Waals surface area contributed by atoms with E-state index in [0.29, 0.717) is 13.2 Å². The van der Waals surface area contributed by atoms with Gasteiger partial charge in [0.2, 0.25) is 0 Å². The number of nitrogens with two attached hydrogens (primary N) is 2. The number of carbonyl (C=O) groups excluding carboxylic acids is 2. The molecule has 0 atom stereocenters. The molecule has 0 aromatic heterocycles. The van der Waals surface area contributed by atoms with E-state index in [1.807, 2.05) is 36.4 Å². The predicted molar refractivity (Wildman–Crippen MR) is 208 cm³/mol. The van der Waals surface area contributed by atoms with Crippen LogP contribution >= 0.6 is 47.0 Å². The van der Waals surface area contributed by atoms with Gasteiger partial charge < -0.3 is 20.9 Å². The third-order valence-electron chi connectivity index (χ3n) is 6.70. The molecule has 4 N–H and O–H groups in total. The smallest absolute Gasteiger partial charge is 0.256 e. The summed E-state index contributed by atoms with van der Waals surface area (Å²) in [6.07, 6.45) is 6.56. The number of thioether (sulfide) groups is 4. The van der Waals surface area contributed by atoms with Gasteiger partial charge in [0.1, 0.15) is 24.7 Å². The number of ether oxygens (including phenoxy) is 2. The Bertz CT molecular complexity index is 1940. The molecule has 0 aliphatic carbocycles. The molecule has 250 valence electrons. The van der Waals surface area contributed by atoms with Crippen LogP contribution < -0.4 is 20.9 Å². The number of hydrogen-bond acceptors (Lipinski definition) is 10. The van der Waals surface area contributed by atoms with E-state index in [4.69, 9.17) is 20.9 Å². The first kappa shape index (κ1) is 36.1. The number of primary amides is 2. The molecule has 7 rings (SSSR count). The van der Waals surface area contributed by atoms with E-state index in [0.717, 1.165) is 62.5 Å². The highest BCUT2D eigenvalue weighted by atomic mass is 32.2. The average molecular weight is 757 g/mol. The highest BCUT2D eigenvalue weighted by molar-refractivity contribution is 8.34. The maximum absolute atomic E-state index is 12.0. The average Bonchev–Trinajstić information content (AvgIpc) is 3.67. The second-order valence-electron chi connectivity index (χ2n) is 10.6. The van der Waals surface area contributed by atoms with Crippen molar-refractivity contribution in [1.82, 2.24) is 0 Å². The van der Waals surface area contributed by atoms with E-state index in [-0.39, 0.29) is 9.81 Å². The van der Waals surface area contributed by atoms with Gasteiger partial charge in [-0.15, -0.1) is 0 Å². The van der Waals surface area contributed by atoms with E-state index in [2.05, 4.69) is 36.4 Å². The quantitative estimate of drug-likeness (QED) is 0.222. The SMILES string of the molecule is CS(C)=O.CS(C)=O.NC(=O)C1=C(C(N)=O)SC(=C2SC3=C(COc4ccc5ccccc5c4-c4c(ccc5ccccc45)OC3)S2)S1. The molecular weight excluding hydrogens is 725 g/mol. The molecule has 0 fully saturated rings. The van der Waals surface area contributed by atoms with Crippen LogP contribution in [0.15, 0.2) is 101 Å². The largest absolute Gasteiger partial charge is 0.488 e. The number of benzene rings is 4. The summed E-state index contributed by atoms with van der Waals surface area (Å²) >= 11 is 5.52. The predicted octanol–water partition coefficient (Wildman–Crippen LogP) is 6.90. The lowest BCUT2D eigenvalue weighted by Crippen LogP contribution is -2.18. The Balaban J connectivity index is 0.000000510. The lowest BCUT2D eigenvalue weighted by molar-refractivity contribution is -0.116. The molecule has 3 aliphatic heterocycles. The normalized spacial score (nSPS) is 15.5. The second kappa shape index (κ2) is 16.0. The van der Waals surface area contributed by atoms with Crippen molar-refractivity contribution in [3.8, 4) is 22.6 Å². The van der Waals surface area contributed by atoms with Crippen LogP contribution in [0.2, 0.25) is 0 Å². The van der Waals surface area contributed by atoms with E-state index < -0.39 is 33.4 Å². The van der Waals surface area contributed by atoms with E-state index in [1.165, 1.54) is 23.5 Å². The van der Waals surface area contributed by atoms with Crippen molar-refractivity contribution in [2.24, 2.45) is 11.5 Å². The van der Waals surface area contributed by atoms with Crippen LogP contribution in [0.1, 0.15) is 0 Å². The van der Waals surface area contributed by atoms with Crippen LogP contribution in [0.25, 0.3) is 32.7 Å². The van der Waals surface area contributed by atoms with Crippen molar-refractivity contribution in [1.29, 1.82) is 0 Å². The standard InChI is InChI=1S/C30H20N2O4S4.2C2H6OS/c31-27(33)25-26(28(32)34)40-30(39-25)29-37-21-13-35-19-11-9-15-5-1-3-7-17(15)23(19)24-18-8-4-2-6-16(18)10-12-20(24)36-14-22(21)38-29;2*1-4(2)3/h1-12H,13-14H2,(H2,31,33)(H2,32,34);2*1-2H3. The molecular formula is C34H32N2O6S6. The highest BCUT2D eigenvalue weighted by Gasteiger charge is 2.34. The molecule has 0 saturated carbocycles. The summed E-state index contributed by atoms with van der Waals surface area (Å²) in [7, 11) is -1.22. The van der Waals surface area contributed by atoms with Gasteiger partial charge in [0.25, 0.3) is 11.8 Å². The molecule has 4 aromatic rings. The Morgan fingerprint density at radius 1 is 0.583 bits per heavy atom. The van der Waals surface area contributed by atoms with Crippen LogP contribution in [-0.4, -0.2) is 58.5 Å². The van der Waals surface area contributed by atoms with Gasteiger partial charge in [-0.05, 0) is 33.7 Å². The summed E-state index contributed by atoms with van der Waals surface area (Å²) in [5.41, 5.74) is 13.1. The zero-order valence-electron chi connectivity index (χ0n) is 26.4. The summed E-state index contributed by atoms with van der Waals surface area (Å²) in [6, 6.07) is 24.8. The van der Waals surface area contributed by atoms with Gasteiger partial charge in [0.05, 0.1) is 18.3 Å². The summed E-state index contributed by atoms with van der Waals surface area (Å²) < 4.78 is 34.0. The van der Waals surface area contributed by atoms with Gasteiger partial charge in [0, 0.05) is 67.6 Å². The molecule has 0 saturated heterocycles. The number of rotatable bonds is 2. The molecule has 48 heavy (non-hydrogen) atoms. The zero-order valence-corrected chi connectivity index (χ0v) is 31.3. The fourth-order valence-corrected chi connectivity index (χ4v) is 10.2. The van der Waals surface area contributed by atoms with E-state index in [9.17, 15) is 18.0 Å². The van der Waals surface area contributed by atoms with Gasteiger partial charge in [-0.3, -0.25) is 18.0 Å². The highest BCUT2D eigenvalue weighted by Crippen LogP contribution is 2.60. The summed E-state index contributed by atoms with van der Waals surface area (Å²) in [6.45, 7) is 0.708. The first-order valence-electron chi connectivity index (χ1n) is 14.3. The van der Waals surface area contributed by atoms with Crippen molar-refractivity contribution in [2.45, 2.75) is 0 Å². The fourth-order valence-electron chi connectivity index (χ4n) is 4.91. The van der Waals surface area contributed by atoms with Crippen molar-refractivity contribution < 1.29 is 27.5 Å². The minimum Gasteiger partial charge on any atom is -0.488 e.